The average molecular weight is 213 g/mol. The summed E-state index contributed by atoms with van der Waals surface area (Å²) in [5.41, 5.74) is 0. The lowest BCUT2D eigenvalue weighted by Gasteiger charge is -2.51. The highest BCUT2D eigenvalue weighted by Crippen LogP contribution is 2.43. The summed E-state index contributed by atoms with van der Waals surface area (Å²) in [6, 6.07) is 0. The number of hydrogen-bond acceptors (Lipinski definition) is 6. The zero-order valence-corrected chi connectivity index (χ0v) is 8.01. The van der Waals surface area contributed by atoms with Crippen LogP contribution in [0.1, 0.15) is 12.8 Å². The first kappa shape index (κ1) is 9.11. The summed E-state index contributed by atoms with van der Waals surface area (Å²) in [5, 5.41) is 9.99. The van der Waals surface area contributed by atoms with Crippen LogP contribution in [0.15, 0.2) is 0 Å². The van der Waals surface area contributed by atoms with Crippen LogP contribution < -0.4 is 0 Å². The van der Waals surface area contributed by atoms with Gasteiger partial charge in [-0.15, -0.1) is 0 Å². The Kier molecular flexibility index (Phi) is 1.64. The number of piperidine rings is 3. The zero-order chi connectivity index (χ0) is 10.6. The molecule has 4 fully saturated rings. The van der Waals surface area contributed by atoms with Crippen molar-refractivity contribution in [1.29, 1.82) is 0 Å². The average Bonchev–Trinajstić information content (AvgIpc) is 2.53. The molecule has 0 radical (unpaired) electrons. The molecule has 4 heterocycles. The van der Waals surface area contributed by atoms with Gasteiger partial charge in [0.05, 0.1) is 0 Å². The van der Waals surface area contributed by atoms with Crippen LogP contribution >= 0.6 is 0 Å². The summed E-state index contributed by atoms with van der Waals surface area (Å²) in [7, 11) is 0. The van der Waals surface area contributed by atoms with Gasteiger partial charge in [0.2, 0.25) is 0 Å². The molecule has 4 aliphatic rings. The number of carbonyl (C=O) groups is 2. The molecule has 6 heteroatoms. The molecule has 0 aromatic carbocycles. The van der Waals surface area contributed by atoms with Gasteiger partial charge in [0, 0.05) is 13.1 Å². The first-order valence-corrected chi connectivity index (χ1v) is 5.03. The normalized spacial score (nSPS) is 41.8. The lowest BCUT2D eigenvalue weighted by atomic mass is 9.83. The number of esters is 2. The van der Waals surface area contributed by atoms with E-state index in [1.165, 1.54) is 0 Å². The summed E-state index contributed by atoms with van der Waals surface area (Å²) in [4.78, 5) is 23.8. The maximum absolute atomic E-state index is 11.0. The highest BCUT2D eigenvalue weighted by atomic mass is 16.8. The molecule has 4 aliphatic heterocycles. The summed E-state index contributed by atoms with van der Waals surface area (Å²) >= 11 is 0. The van der Waals surface area contributed by atoms with Crippen molar-refractivity contribution in [2.24, 2.45) is 5.92 Å². The number of aliphatic hydroxyl groups excluding tert-OH is 1. The highest BCUT2D eigenvalue weighted by molar-refractivity contribution is 6.31. The van der Waals surface area contributed by atoms with Crippen molar-refractivity contribution in [1.82, 2.24) is 4.90 Å². The van der Waals surface area contributed by atoms with Crippen LogP contribution in [0.3, 0.4) is 0 Å². The molecule has 1 N–H and O–H groups in total. The van der Waals surface area contributed by atoms with Crippen molar-refractivity contribution in [3.63, 3.8) is 0 Å². The molecule has 2 bridgehead atoms. The van der Waals surface area contributed by atoms with E-state index in [2.05, 4.69) is 0 Å². The van der Waals surface area contributed by atoms with Crippen molar-refractivity contribution in [3.05, 3.63) is 0 Å². The number of carbonyl (C=O) groups excluding carboxylic acids is 2. The SMILES string of the molecule is O=C1OC2(OC1=O)C(O)C1CCN2CC1. The molecular weight excluding hydrogens is 202 g/mol. The molecule has 1 unspecified atom stereocenters. The van der Waals surface area contributed by atoms with Gasteiger partial charge in [0.15, 0.2) is 6.10 Å². The molecule has 0 aromatic rings. The Labute approximate surface area is 85.7 Å². The number of nitrogens with zero attached hydrogens (tertiary/aromatic N) is 1. The molecular formula is C9H11NO5. The minimum atomic E-state index is -1.52. The molecule has 4 saturated heterocycles. The largest absolute Gasteiger partial charge is 0.422 e. The summed E-state index contributed by atoms with van der Waals surface area (Å²) < 4.78 is 9.83. The fraction of sp³-hybridized carbons (Fsp3) is 0.778. The van der Waals surface area contributed by atoms with Crippen LogP contribution in [-0.2, 0) is 19.1 Å². The Balaban J connectivity index is 1.98. The molecule has 4 rings (SSSR count). The molecule has 0 aromatic heterocycles. The van der Waals surface area contributed by atoms with Crippen LogP contribution in [0.2, 0.25) is 0 Å². The minimum Gasteiger partial charge on any atom is -0.397 e. The summed E-state index contributed by atoms with van der Waals surface area (Å²) in [5.74, 6) is -3.49. The van der Waals surface area contributed by atoms with Gasteiger partial charge in [-0.3, -0.25) is 0 Å². The Morgan fingerprint density at radius 2 is 1.73 bits per heavy atom. The van der Waals surface area contributed by atoms with Gasteiger partial charge >= 0.3 is 17.8 Å². The quantitative estimate of drug-likeness (QED) is 0.403. The van der Waals surface area contributed by atoms with Crippen LogP contribution in [0.25, 0.3) is 0 Å². The van der Waals surface area contributed by atoms with E-state index in [1.807, 2.05) is 0 Å². The summed E-state index contributed by atoms with van der Waals surface area (Å²) in [6.45, 7) is 1.37. The van der Waals surface area contributed by atoms with Gasteiger partial charge in [-0.05, 0) is 18.8 Å². The van der Waals surface area contributed by atoms with E-state index in [0.29, 0.717) is 13.1 Å². The number of aliphatic hydroxyl groups is 1. The molecule has 0 amide bonds. The Morgan fingerprint density at radius 3 is 2.20 bits per heavy atom. The van der Waals surface area contributed by atoms with Crippen LogP contribution in [0.5, 0.6) is 0 Å². The Bertz CT molecular complexity index is 313. The van der Waals surface area contributed by atoms with Crippen LogP contribution in [0.4, 0.5) is 0 Å². The number of hydrogen-bond donors (Lipinski definition) is 1. The van der Waals surface area contributed by atoms with Crippen molar-refractivity contribution in [3.8, 4) is 0 Å². The second-order valence-electron chi connectivity index (χ2n) is 4.18. The maximum atomic E-state index is 11.0. The predicted molar refractivity (Wildman–Crippen MR) is 45.2 cm³/mol. The van der Waals surface area contributed by atoms with Crippen molar-refractivity contribution < 1.29 is 24.2 Å². The van der Waals surface area contributed by atoms with Crippen LogP contribution in [0, 0.1) is 5.92 Å². The highest BCUT2D eigenvalue weighted by Gasteiger charge is 2.64. The first-order valence-electron chi connectivity index (χ1n) is 5.03. The molecule has 1 atom stereocenters. The molecule has 6 nitrogen and oxygen atoms in total. The third kappa shape index (κ3) is 1.00. The van der Waals surface area contributed by atoms with Gasteiger partial charge < -0.3 is 14.6 Å². The molecule has 15 heavy (non-hydrogen) atoms. The Hall–Kier alpha value is -1.14. The Morgan fingerprint density at radius 1 is 1.20 bits per heavy atom. The fourth-order valence-electron chi connectivity index (χ4n) is 2.63. The predicted octanol–water partition coefficient (Wildman–Crippen LogP) is -1.17. The van der Waals surface area contributed by atoms with Gasteiger partial charge in [0.1, 0.15) is 0 Å². The lowest BCUT2D eigenvalue weighted by molar-refractivity contribution is -0.333. The molecule has 82 valence electrons. The van der Waals surface area contributed by atoms with E-state index in [4.69, 9.17) is 9.47 Å². The van der Waals surface area contributed by atoms with E-state index < -0.39 is 24.0 Å². The third-order valence-electron chi connectivity index (χ3n) is 3.45. The van der Waals surface area contributed by atoms with E-state index in [9.17, 15) is 14.7 Å². The van der Waals surface area contributed by atoms with E-state index in [0.717, 1.165) is 12.8 Å². The fourth-order valence-corrected chi connectivity index (χ4v) is 2.63. The molecule has 1 spiro atoms. The number of fused-ring (bicyclic) bond motifs is 2. The van der Waals surface area contributed by atoms with Gasteiger partial charge in [-0.25, -0.2) is 14.5 Å². The number of ether oxygens (including phenoxy) is 2. The van der Waals surface area contributed by atoms with Crippen molar-refractivity contribution in [2.45, 2.75) is 24.9 Å². The van der Waals surface area contributed by atoms with Crippen molar-refractivity contribution >= 4 is 11.9 Å². The number of rotatable bonds is 0. The van der Waals surface area contributed by atoms with E-state index in [-0.39, 0.29) is 5.92 Å². The lowest BCUT2D eigenvalue weighted by Crippen LogP contribution is -2.68. The van der Waals surface area contributed by atoms with E-state index >= 15 is 0 Å². The second-order valence-corrected chi connectivity index (χ2v) is 4.18. The zero-order valence-electron chi connectivity index (χ0n) is 8.01. The smallest absolute Gasteiger partial charge is 0.397 e. The summed E-state index contributed by atoms with van der Waals surface area (Å²) in [6.07, 6.45) is 0.770. The minimum absolute atomic E-state index is 0.0497. The third-order valence-corrected chi connectivity index (χ3v) is 3.45. The first-order chi connectivity index (χ1) is 7.13. The maximum Gasteiger partial charge on any atom is 0.422 e. The second kappa shape index (κ2) is 2.70. The van der Waals surface area contributed by atoms with Crippen LogP contribution in [-0.4, -0.2) is 47.0 Å². The van der Waals surface area contributed by atoms with Gasteiger partial charge in [-0.2, -0.15) is 0 Å². The topological polar surface area (TPSA) is 76.1 Å². The monoisotopic (exact) mass is 213 g/mol. The van der Waals surface area contributed by atoms with Gasteiger partial charge in [0.25, 0.3) is 0 Å². The molecule has 0 aliphatic carbocycles. The molecule has 0 saturated carbocycles. The van der Waals surface area contributed by atoms with E-state index in [1.54, 1.807) is 4.90 Å². The van der Waals surface area contributed by atoms with Crippen molar-refractivity contribution in [2.75, 3.05) is 13.1 Å². The standard InChI is InChI=1S/C9H11NO5/c11-6-5-1-3-10(4-2-5)9(6)14-7(12)8(13)15-9/h5-6,11H,1-4H2. The van der Waals surface area contributed by atoms with Gasteiger partial charge in [-0.1, -0.05) is 0 Å².